The minimum absolute atomic E-state index is 0.0750. The minimum Gasteiger partial charge on any atom is -0.278 e. The number of carbonyl (C=O) groups excluding carboxylic acids is 2. The third-order valence-electron chi connectivity index (χ3n) is 3.50. The lowest BCUT2D eigenvalue weighted by Gasteiger charge is -2.12. The molecule has 1 heterocycles. The zero-order valence-corrected chi connectivity index (χ0v) is 15.5. The fraction of sp³-hybridized carbons (Fsp3) is 0. The zero-order valence-electron chi connectivity index (χ0n) is 13.9. The second-order valence-corrected chi connectivity index (χ2v) is 8.21. The molecule has 0 unspecified atom stereocenters. The van der Waals surface area contributed by atoms with Gasteiger partial charge in [0, 0.05) is 5.56 Å². The smallest absolute Gasteiger partial charge is 0.271 e. The summed E-state index contributed by atoms with van der Waals surface area (Å²) in [6.07, 6.45) is 0. The average Bonchev–Trinajstić information content (AvgIpc) is 3.22. The van der Waals surface area contributed by atoms with Crippen LogP contribution in [0.25, 0.3) is 0 Å². The van der Waals surface area contributed by atoms with Gasteiger partial charge in [0.05, 0.1) is 11.3 Å². The summed E-state index contributed by atoms with van der Waals surface area (Å²) < 4.78 is 27.3. The van der Waals surface area contributed by atoms with Gasteiger partial charge in [-0.15, -0.1) is 11.3 Å². The number of amides is 2. The van der Waals surface area contributed by atoms with Crippen LogP contribution in [0.4, 0.5) is 5.69 Å². The standard InChI is InChI=1S/C18H15N3O4S2/c22-17(13-7-2-1-3-8-13)19-20-18(23)14-9-4-5-10-15(14)21-27(24,25)16-11-6-12-26-16/h1-12,21H,(H,19,22)(H,20,23). The Balaban J connectivity index is 1.73. The van der Waals surface area contributed by atoms with Crippen molar-refractivity contribution in [3.8, 4) is 0 Å². The molecule has 2 aromatic carbocycles. The Bertz CT molecular complexity index is 1050. The third-order valence-corrected chi connectivity index (χ3v) is 6.26. The van der Waals surface area contributed by atoms with Gasteiger partial charge in [0.25, 0.3) is 21.8 Å². The first-order valence-corrected chi connectivity index (χ1v) is 10.1. The van der Waals surface area contributed by atoms with E-state index in [1.54, 1.807) is 53.9 Å². The van der Waals surface area contributed by atoms with E-state index in [0.717, 1.165) is 11.3 Å². The molecule has 0 aliphatic heterocycles. The molecule has 27 heavy (non-hydrogen) atoms. The molecule has 0 aliphatic carbocycles. The fourth-order valence-corrected chi connectivity index (χ4v) is 4.30. The second-order valence-electron chi connectivity index (χ2n) is 5.36. The van der Waals surface area contributed by atoms with Crippen LogP contribution in [0.15, 0.2) is 76.3 Å². The van der Waals surface area contributed by atoms with Crippen molar-refractivity contribution >= 4 is 38.9 Å². The topological polar surface area (TPSA) is 104 Å². The van der Waals surface area contributed by atoms with E-state index in [1.807, 2.05) is 0 Å². The molecule has 1 aromatic heterocycles. The zero-order chi connectivity index (χ0) is 19.3. The SMILES string of the molecule is O=C(NNC(=O)c1ccccc1NS(=O)(=O)c1cccs1)c1ccccc1. The maximum Gasteiger partial charge on any atom is 0.271 e. The van der Waals surface area contributed by atoms with Gasteiger partial charge >= 0.3 is 0 Å². The number of hydrogen-bond donors (Lipinski definition) is 3. The van der Waals surface area contributed by atoms with Gasteiger partial charge in [-0.1, -0.05) is 36.4 Å². The van der Waals surface area contributed by atoms with Gasteiger partial charge in [-0.05, 0) is 35.7 Å². The number of carbonyl (C=O) groups is 2. The van der Waals surface area contributed by atoms with Crippen molar-refractivity contribution in [1.82, 2.24) is 10.9 Å². The summed E-state index contributed by atoms with van der Waals surface area (Å²) in [5.74, 6) is -1.13. The molecule has 7 nitrogen and oxygen atoms in total. The van der Waals surface area contributed by atoms with Crippen LogP contribution < -0.4 is 15.6 Å². The summed E-state index contributed by atoms with van der Waals surface area (Å²) in [4.78, 5) is 24.4. The summed E-state index contributed by atoms with van der Waals surface area (Å²) in [6, 6.07) is 17.6. The van der Waals surface area contributed by atoms with E-state index in [4.69, 9.17) is 0 Å². The van der Waals surface area contributed by atoms with Crippen molar-refractivity contribution in [2.45, 2.75) is 4.21 Å². The minimum atomic E-state index is -3.80. The Labute approximate surface area is 160 Å². The summed E-state index contributed by atoms with van der Waals surface area (Å²) in [5.41, 5.74) is 5.15. The van der Waals surface area contributed by atoms with Crippen molar-refractivity contribution in [1.29, 1.82) is 0 Å². The molecular formula is C18H15N3O4S2. The Hall–Kier alpha value is -3.17. The van der Waals surface area contributed by atoms with Gasteiger partial charge in [0.1, 0.15) is 4.21 Å². The first-order chi connectivity index (χ1) is 13.0. The Morgan fingerprint density at radius 3 is 2.15 bits per heavy atom. The Kier molecular flexibility index (Phi) is 5.53. The van der Waals surface area contributed by atoms with E-state index in [2.05, 4.69) is 15.6 Å². The van der Waals surface area contributed by atoms with Gasteiger partial charge in [0.2, 0.25) is 0 Å². The second kappa shape index (κ2) is 8.02. The van der Waals surface area contributed by atoms with Crippen LogP contribution in [-0.4, -0.2) is 20.2 Å². The van der Waals surface area contributed by atoms with Gasteiger partial charge < -0.3 is 0 Å². The van der Waals surface area contributed by atoms with E-state index in [0.29, 0.717) is 5.56 Å². The molecule has 0 saturated heterocycles. The molecule has 0 atom stereocenters. The number of rotatable bonds is 5. The van der Waals surface area contributed by atoms with Crippen LogP contribution in [0.1, 0.15) is 20.7 Å². The van der Waals surface area contributed by atoms with Crippen LogP contribution >= 0.6 is 11.3 Å². The summed E-state index contributed by atoms with van der Waals surface area (Å²) >= 11 is 1.07. The van der Waals surface area contributed by atoms with E-state index < -0.39 is 21.8 Å². The summed E-state index contributed by atoms with van der Waals surface area (Å²) in [6.45, 7) is 0. The molecule has 0 radical (unpaired) electrons. The summed E-state index contributed by atoms with van der Waals surface area (Å²) in [5, 5.41) is 1.65. The molecule has 0 fully saturated rings. The van der Waals surface area contributed by atoms with Crippen molar-refractivity contribution in [3.05, 3.63) is 83.2 Å². The molecular weight excluding hydrogens is 386 g/mol. The number of hydrogen-bond acceptors (Lipinski definition) is 5. The molecule has 9 heteroatoms. The third kappa shape index (κ3) is 4.52. The van der Waals surface area contributed by atoms with E-state index in [9.17, 15) is 18.0 Å². The molecule has 0 bridgehead atoms. The maximum absolute atomic E-state index is 12.4. The molecule has 3 rings (SSSR count). The van der Waals surface area contributed by atoms with E-state index >= 15 is 0 Å². The molecule has 2 amide bonds. The highest BCUT2D eigenvalue weighted by Gasteiger charge is 2.19. The molecule has 138 valence electrons. The predicted molar refractivity (Wildman–Crippen MR) is 103 cm³/mol. The van der Waals surface area contributed by atoms with Crippen LogP contribution in [0.3, 0.4) is 0 Å². The largest absolute Gasteiger partial charge is 0.278 e. The highest BCUT2D eigenvalue weighted by Crippen LogP contribution is 2.22. The van der Waals surface area contributed by atoms with E-state index in [-0.39, 0.29) is 15.5 Å². The van der Waals surface area contributed by atoms with Crippen LogP contribution in [-0.2, 0) is 10.0 Å². The lowest BCUT2D eigenvalue weighted by atomic mass is 10.2. The van der Waals surface area contributed by atoms with Gasteiger partial charge in [-0.3, -0.25) is 25.2 Å². The average molecular weight is 401 g/mol. The van der Waals surface area contributed by atoms with Crippen molar-refractivity contribution < 1.29 is 18.0 Å². The normalized spacial score (nSPS) is 10.8. The van der Waals surface area contributed by atoms with Crippen molar-refractivity contribution in [3.63, 3.8) is 0 Å². The lowest BCUT2D eigenvalue weighted by Crippen LogP contribution is -2.41. The molecule has 3 aromatic rings. The monoisotopic (exact) mass is 401 g/mol. The number of hydrazine groups is 1. The Morgan fingerprint density at radius 1 is 0.778 bits per heavy atom. The van der Waals surface area contributed by atoms with E-state index in [1.165, 1.54) is 18.2 Å². The molecule has 0 spiro atoms. The molecule has 0 saturated carbocycles. The molecule has 0 aliphatic rings. The van der Waals surface area contributed by atoms with Crippen LogP contribution in [0.2, 0.25) is 0 Å². The summed E-state index contributed by atoms with van der Waals surface area (Å²) in [7, 11) is -3.80. The first kappa shape index (κ1) is 18.6. The number of sulfonamides is 1. The van der Waals surface area contributed by atoms with Crippen LogP contribution in [0, 0.1) is 0 Å². The maximum atomic E-state index is 12.4. The van der Waals surface area contributed by atoms with Crippen molar-refractivity contribution in [2.24, 2.45) is 0 Å². The van der Waals surface area contributed by atoms with Crippen LogP contribution in [0.5, 0.6) is 0 Å². The molecule has 3 N–H and O–H groups in total. The number of anilines is 1. The predicted octanol–water partition coefficient (Wildman–Crippen LogP) is 2.62. The Morgan fingerprint density at radius 2 is 1.44 bits per heavy atom. The number of thiophene rings is 1. The van der Waals surface area contributed by atoms with Crippen molar-refractivity contribution in [2.75, 3.05) is 4.72 Å². The lowest BCUT2D eigenvalue weighted by molar-refractivity contribution is 0.0847. The van der Waals surface area contributed by atoms with Gasteiger partial charge in [-0.2, -0.15) is 0 Å². The van der Waals surface area contributed by atoms with Gasteiger partial charge in [0.15, 0.2) is 0 Å². The van der Waals surface area contributed by atoms with Gasteiger partial charge in [-0.25, -0.2) is 8.42 Å². The highest BCUT2D eigenvalue weighted by molar-refractivity contribution is 7.94. The fourth-order valence-electron chi connectivity index (χ4n) is 2.22. The quantitative estimate of drug-likeness (QED) is 0.572. The highest BCUT2D eigenvalue weighted by atomic mass is 32.2. The number of nitrogens with one attached hydrogen (secondary N) is 3. The number of para-hydroxylation sites is 1. The number of benzene rings is 2. The first-order valence-electron chi connectivity index (χ1n) is 7.78.